The van der Waals surface area contributed by atoms with Crippen molar-refractivity contribution in [3.8, 4) is 0 Å². The van der Waals surface area contributed by atoms with Gasteiger partial charge < -0.3 is 0 Å². The summed E-state index contributed by atoms with van der Waals surface area (Å²) < 4.78 is 0. The van der Waals surface area contributed by atoms with Crippen LogP contribution in [0.1, 0.15) is 32.6 Å². The van der Waals surface area contributed by atoms with E-state index in [0.717, 1.165) is 6.42 Å². The summed E-state index contributed by atoms with van der Waals surface area (Å²) >= 11 is 2.04. The number of thioether (sulfide) groups is 1. The third-order valence-corrected chi connectivity index (χ3v) is 2.46. The van der Waals surface area contributed by atoms with Crippen molar-refractivity contribution in [1.29, 1.82) is 0 Å². The zero-order valence-corrected chi connectivity index (χ0v) is 7.62. The Labute approximate surface area is 69.1 Å². The summed E-state index contributed by atoms with van der Waals surface area (Å²) in [6.45, 7) is 7.47. The van der Waals surface area contributed by atoms with Crippen LogP contribution in [0.3, 0.4) is 0 Å². The van der Waals surface area contributed by atoms with E-state index < -0.39 is 0 Å². The summed E-state index contributed by atoms with van der Waals surface area (Å²) in [5, 5.41) is 0. The van der Waals surface area contributed by atoms with Crippen LogP contribution in [0.25, 0.3) is 0 Å². The lowest BCUT2D eigenvalue weighted by Crippen LogP contribution is -1.81. The van der Waals surface area contributed by atoms with Gasteiger partial charge in [0.05, 0.1) is 0 Å². The van der Waals surface area contributed by atoms with Crippen LogP contribution in [0.2, 0.25) is 0 Å². The lowest BCUT2D eigenvalue weighted by Gasteiger charge is -1.96. The molecular formula is C9H17S. The maximum Gasteiger partial charge on any atom is -0.00646 e. The molecule has 0 aromatic rings. The predicted octanol–water partition coefficient (Wildman–Crippen LogP) is 3.29. The standard InChI is InChI=1S/C9H17S/c1-3-5-7-9-10-8-6-4-2/h1,3H,4-9H2,2H3. The van der Waals surface area contributed by atoms with Crippen molar-refractivity contribution in [3.05, 3.63) is 12.7 Å². The van der Waals surface area contributed by atoms with E-state index in [1.54, 1.807) is 6.08 Å². The van der Waals surface area contributed by atoms with Crippen molar-refractivity contribution in [1.82, 2.24) is 0 Å². The molecule has 10 heavy (non-hydrogen) atoms. The fourth-order valence-corrected chi connectivity index (χ4v) is 1.72. The molecule has 0 aliphatic carbocycles. The van der Waals surface area contributed by atoms with E-state index in [-0.39, 0.29) is 0 Å². The van der Waals surface area contributed by atoms with Gasteiger partial charge >= 0.3 is 0 Å². The first-order chi connectivity index (χ1) is 4.91. The Balaban J connectivity index is 2.70. The third-order valence-electron chi connectivity index (χ3n) is 1.30. The summed E-state index contributed by atoms with van der Waals surface area (Å²) in [4.78, 5) is 0. The molecule has 0 saturated carbocycles. The number of allylic oxidation sites excluding steroid dienone is 1. The van der Waals surface area contributed by atoms with Gasteiger partial charge in [-0.3, -0.25) is 0 Å². The lowest BCUT2D eigenvalue weighted by atomic mass is 10.3. The van der Waals surface area contributed by atoms with Gasteiger partial charge in [0, 0.05) is 0 Å². The molecule has 0 heterocycles. The first-order valence-electron chi connectivity index (χ1n) is 4.03. The van der Waals surface area contributed by atoms with Gasteiger partial charge in [-0.15, -0.1) is 0 Å². The van der Waals surface area contributed by atoms with Crippen LogP contribution in [-0.2, 0) is 0 Å². The average molecular weight is 157 g/mol. The number of hydrogen-bond acceptors (Lipinski definition) is 1. The smallest absolute Gasteiger partial charge is 0.00646 e. The number of rotatable bonds is 7. The number of hydrogen-bond donors (Lipinski definition) is 0. The molecule has 59 valence electrons. The van der Waals surface area contributed by atoms with Gasteiger partial charge in [-0.2, -0.15) is 11.8 Å². The summed E-state index contributed by atoms with van der Waals surface area (Å²) in [5.74, 6) is 2.59. The molecule has 0 nitrogen and oxygen atoms in total. The monoisotopic (exact) mass is 157 g/mol. The molecule has 0 N–H and O–H groups in total. The van der Waals surface area contributed by atoms with Gasteiger partial charge in [0.1, 0.15) is 0 Å². The summed E-state index contributed by atoms with van der Waals surface area (Å²) in [5.41, 5.74) is 0. The highest BCUT2D eigenvalue weighted by atomic mass is 32.2. The second-order valence-corrected chi connectivity index (χ2v) is 3.57. The van der Waals surface area contributed by atoms with E-state index in [1.165, 1.54) is 30.8 Å². The molecule has 1 radical (unpaired) electrons. The summed E-state index contributed by atoms with van der Waals surface area (Å²) in [7, 11) is 0. The van der Waals surface area contributed by atoms with Crippen LogP contribution in [0.5, 0.6) is 0 Å². The molecule has 0 aliphatic rings. The quantitative estimate of drug-likeness (QED) is 0.511. The molecule has 0 spiro atoms. The van der Waals surface area contributed by atoms with Crippen LogP contribution in [0, 0.1) is 6.58 Å². The molecule has 0 unspecified atom stereocenters. The highest BCUT2D eigenvalue weighted by molar-refractivity contribution is 7.99. The van der Waals surface area contributed by atoms with Gasteiger partial charge in [0.15, 0.2) is 0 Å². The van der Waals surface area contributed by atoms with Crippen LogP contribution in [-0.4, -0.2) is 11.5 Å². The van der Waals surface area contributed by atoms with Crippen LogP contribution in [0.4, 0.5) is 0 Å². The normalized spacial score (nSPS) is 9.70. The van der Waals surface area contributed by atoms with E-state index in [4.69, 9.17) is 6.58 Å². The fourth-order valence-electron chi connectivity index (χ4n) is 0.652. The molecule has 0 aromatic carbocycles. The Bertz CT molecular complexity index is 69.1. The van der Waals surface area contributed by atoms with Crippen molar-refractivity contribution < 1.29 is 0 Å². The van der Waals surface area contributed by atoms with E-state index in [1.807, 2.05) is 11.8 Å². The van der Waals surface area contributed by atoms with Crippen molar-refractivity contribution in [2.24, 2.45) is 0 Å². The first-order valence-corrected chi connectivity index (χ1v) is 5.18. The Kier molecular flexibility index (Phi) is 9.17. The molecule has 0 fully saturated rings. The second-order valence-electron chi connectivity index (χ2n) is 2.34. The number of unbranched alkanes of at least 4 members (excludes halogenated alkanes) is 2. The van der Waals surface area contributed by atoms with Crippen LogP contribution < -0.4 is 0 Å². The van der Waals surface area contributed by atoms with E-state index in [9.17, 15) is 0 Å². The molecule has 0 bridgehead atoms. The molecule has 0 atom stereocenters. The Morgan fingerprint density at radius 2 is 2.00 bits per heavy atom. The largest absolute Gasteiger partial charge is 0.162 e. The van der Waals surface area contributed by atoms with Crippen molar-refractivity contribution in [3.63, 3.8) is 0 Å². The van der Waals surface area contributed by atoms with Gasteiger partial charge in [0.25, 0.3) is 0 Å². The fraction of sp³-hybridized carbons (Fsp3) is 0.778. The highest BCUT2D eigenvalue weighted by Crippen LogP contribution is 2.07. The maximum atomic E-state index is 5.24. The summed E-state index contributed by atoms with van der Waals surface area (Å²) in [6, 6.07) is 0. The topological polar surface area (TPSA) is 0 Å². The molecule has 0 aromatic heterocycles. The Morgan fingerprint density at radius 1 is 1.30 bits per heavy atom. The molecule has 1 heteroatoms. The van der Waals surface area contributed by atoms with E-state index in [0.29, 0.717) is 0 Å². The Hall–Kier alpha value is 0.0900. The minimum absolute atomic E-state index is 1.07. The van der Waals surface area contributed by atoms with E-state index in [2.05, 4.69) is 6.92 Å². The van der Waals surface area contributed by atoms with Crippen molar-refractivity contribution >= 4 is 11.8 Å². The van der Waals surface area contributed by atoms with Crippen molar-refractivity contribution in [2.75, 3.05) is 11.5 Å². The zero-order chi connectivity index (χ0) is 7.66. The van der Waals surface area contributed by atoms with Crippen molar-refractivity contribution in [2.45, 2.75) is 32.6 Å². The summed E-state index contributed by atoms with van der Waals surface area (Å²) in [6.07, 6.45) is 6.73. The third kappa shape index (κ3) is 8.09. The van der Waals surface area contributed by atoms with Gasteiger partial charge in [-0.1, -0.05) is 26.0 Å². The Morgan fingerprint density at radius 3 is 2.60 bits per heavy atom. The zero-order valence-electron chi connectivity index (χ0n) is 6.81. The maximum absolute atomic E-state index is 5.24. The SMILES string of the molecule is [CH]=CCCCSCCCC. The molecular weight excluding hydrogens is 140 g/mol. The molecule has 0 rings (SSSR count). The molecule has 0 aliphatic heterocycles. The van der Waals surface area contributed by atoms with E-state index >= 15 is 0 Å². The minimum Gasteiger partial charge on any atom is -0.162 e. The molecule has 0 amide bonds. The first kappa shape index (κ1) is 10.1. The average Bonchev–Trinajstić information content (AvgIpc) is 1.97. The lowest BCUT2D eigenvalue weighted by molar-refractivity contribution is 0.892. The second kappa shape index (κ2) is 9.09. The minimum atomic E-state index is 1.07. The predicted molar refractivity (Wildman–Crippen MR) is 50.3 cm³/mol. The van der Waals surface area contributed by atoms with Crippen LogP contribution in [0.15, 0.2) is 6.08 Å². The molecule has 0 saturated heterocycles. The van der Waals surface area contributed by atoms with Gasteiger partial charge in [0.2, 0.25) is 0 Å². The van der Waals surface area contributed by atoms with Gasteiger partial charge in [-0.25, -0.2) is 0 Å². The highest BCUT2D eigenvalue weighted by Gasteiger charge is 1.86. The van der Waals surface area contributed by atoms with Crippen LogP contribution >= 0.6 is 11.8 Å². The van der Waals surface area contributed by atoms with Gasteiger partial charge in [-0.05, 0) is 30.8 Å².